The number of ether oxygens (including phenoxy) is 1. The molecule has 1 amide bonds. The Hall–Kier alpha value is -2.50. The van der Waals surface area contributed by atoms with Crippen LogP contribution in [0.1, 0.15) is 29.8 Å². The molecule has 2 atom stereocenters. The molecule has 0 spiro atoms. The first kappa shape index (κ1) is 18.3. The zero-order valence-electron chi connectivity index (χ0n) is 15.1. The van der Waals surface area contributed by atoms with E-state index >= 15 is 0 Å². The fraction of sp³-hybridized carbons (Fsp3) is 0.333. The molecule has 1 saturated heterocycles. The predicted octanol–water partition coefficient (Wildman–Crippen LogP) is 2.97. The summed E-state index contributed by atoms with van der Waals surface area (Å²) in [5.41, 5.74) is 1.64. The molecule has 1 N–H and O–H groups in total. The summed E-state index contributed by atoms with van der Waals surface area (Å²) in [7, 11) is 0. The highest BCUT2D eigenvalue weighted by atomic mass is 16.5. The van der Waals surface area contributed by atoms with E-state index in [4.69, 9.17) is 4.74 Å². The lowest BCUT2D eigenvalue weighted by Crippen LogP contribution is -2.48. The van der Waals surface area contributed by atoms with Gasteiger partial charge in [-0.25, -0.2) is 0 Å². The first-order valence-electron chi connectivity index (χ1n) is 8.89. The summed E-state index contributed by atoms with van der Waals surface area (Å²) >= 11 is 0. The number of hydrogen-bond acceptors (Lipinski definition) is 4. The maximum Gasteiger partial charge on any atom is 0.238 e. The lowest BCUT2D eigenvalue weighted by molar-refractivity contribution is -0.121. The summed E-state index contributed by atoms with van der Waals surface area (Å²) in [5, 5.41) is 2.90. The van der Waals surface area contributed by atoms with Crippen molar-refractivity contribution in [2.24, 2.45) is 0 Å². The Labute approximate surface area is 154 Å². The SMILES string of the molecule is CC1CN(CC(=O)Nc2ccccc2C(=O)c2ccccc2)CC(C)O1. The van der Waals surface area contributed by atoms with Crippen molar-refractivity contribution < 1.29 is 14.3 Å². The number of hydrogen-bond donors (Lipinski definition) is 1. The number of para-hydroxylation sites is 1. The number of amides is 1. The van der Waals surface area contributed by atoms with Crippen molar-refractivity contribution >= 4 is 17.4 Å². The van der Waals surface area contributed by atoms with Crippen molar-refractivity contribution in [1.29, 1.82) is 0 Å². The number of morpholine rings is 1. The number of ketones is 1. The molecule has 3 rings (SSSR count). The van der Waals surface area contributed by atoms with Gasteiger partial charge in [0.15, 0.2) is 5.78 Å². The molecule has 26 heavy (non-hydrogen) atoms. The molecule has 0 saturated carbocycles. The lowest BCUT2D eigenvalue weighted by Gasteiger charge is -2.34. The molecule has 1 aliphatic heterocycles. The minimum Gasteiger partial charge on any atom is -0.373 e. The Bertz CT molecular complexity index is 766. The van der Waals surface area contributed by atoms with E-state index in [1.165, 1.54) is 0 Å². The number of rotatable bonds is 5. The van der Waals surface area contributed by atoms with Gasteiger partial charge in [-0.2, -0.15) is 0 Å². The molecule has 5 nitrogen and oxygen atoms in total. The molecule has 2 aromatic rings. The van der Waals surface area contributed by atoms with Crippen LogP contribution in [0.3, 0.4) is 0 Å². The maximum absolute atomic E-state index is 12.7. The summed E-state index contributed by atoms with van der Waals surface area (Å²) in [6.07, 6.45) is 0.219. The molecule has 136 valence electrons. The highest BCUT2D eigenvalue weighted by molar-refractivity contribution is 6.13. The van der Waals surface area contributed by atoms with Gasteiger partial charge < -0.3 is 10.1 Å². The third-order valence-electron chi connectivity index (χ3n) is 4.34. The van der Waals surface area contributed by atoms with Gasteiger partial charge in [-0.05, 0) is 26.0 Å². The third kappa shape index (κ3) is 4.56. The highest BCUT2D eigenvalue weighted by Gasteiger charge is 2.24. The number of nitrogens with zero attached hydrogens (tertiary/aromatic N) is 1. The standard InChI is InChI=1S/C21H24N2O3/c1-15-12-23(13-16(2)26-15)14-20(24)22-19-11-7-6-10-18(19)21(25)17-8-4-3-5-9-17/h3-11,15-16H,12-14H2,1-2H3,(H,22,24). The second-order valence-corrected chi connectivity index (χ2v) is 6.74. The summed E-state index contributed by atoms with van der Waals surface area (Å²) in [6.45, 7) is 5.75. The van der Waals surface area contributed by atoms with Gasteiger partial charge in [0.25, 0.3) is 0 Å². The molecule has 0 aliphatic carbocycles. The number of anilines is 1. The van der Waals surface area contributed by atoms with Gasteiger partial charge in [0.1, 0.15) is 0 Å². The van der Waals surface area contributed by atoms with Gasteiger partial charge in [0.2, 0.25) is 5.91 Å². The van der Waals surface area contributed by atoms with Crippen LogP contribution in [-0.4, -0.2) is 48.4 Å². The Morgan fingerprint density at radius 1 is 1.00 bits per heavy atom. The van der Waals surface area contributed by atoms with E-state index in [0.29, 0.717) is 16.8 Å². The van der Waals surface area contributed by atoms with Crippen LogP contribution in [0, 0.1) is 0 Å². The monoisotopic (exact) mass is 352 g/mol. The van der Waals surface area contributed by atoms with E-state index < -0.39 is 0 Å². The molecule has 0 bridgehead atoms. The lowest BCUT2D eigenvalue weighted by atomic mass is 10.0. The third-order valence-corrected chi connectivity index (χ3v) is 4.34. The van der Waals surface area contributed by atoms with Crippen LogP contribution in [0.15, 0.2) is 54.6 Å². The van der Waals surface area contributed by atoms with E-state index in [2.05, 4.69) is 10.2 Å². The normalized spacial score (nSPS) is 20.5. The van der Waals surface area contributed by atoms with E-state index in [0.717, 1.165) is 13.1 Å². The molecule has 0 radical (unpaired) electrons. The Morgan fingerprint density at radius 2 is 1.62 bits per heavy atom. The van der Waals surface area contributed by atoms with Crippen molar-refractivity contribution in [2.75, 3.05) is 25.0 Å². The Kier molecular flexibility index (Phi) is 5.81. The molecule has 2 aromatic carbocycles. The second-order valence-electron chi connectivity index (χ2n) is 6.74. The van der Waals surface area contributed by atoms with Gasteiger partial charge >= 0.3 is 0 Å². The van der Waals surface area contributed by atoms with Crippen molar-refractivity contribution in [3.8, 4) is 0 Å². The van der Waals surface area contributed by atoms with Gasteiger partial charge in [0, 0.05) is 24.2 Å². The van der Waals surface area contributed by atoms with Crippen LogP contribution in [0.5, 0.6) is 0 Å². The van der Waals surface area contributed by atoms with Crippen LogP contribution >= 0.6 is 0 Å². The Balaban J connectivity index is 1.70. The van der Waals surface area contributed by atoms with E-state index in [9.17, 15) is 9.59 Å². The Morgan fingerprint density at radius 3 is 2.31 bits per heavy atom. The molecule has 5 heteroatoms. The van der Waals surface area contributed by atoms with E-state index in [1.54, 1.807) is 30.3 Å². The molecule has 1 heterocycles. The smallest absolute Gasteiger partial charge is 0.238 e. The van der Waals surface area contributed by atoms with Gasteiger partial charge in [-0.15, -0.1) is 0 Å². The van der Waals surface area contributed by atoms with Crippen LogP contribution in [0.4, 0.5) is 5.69 Å². The van der Waals surface area contributed by atoms with Gasteiger partial charge in [0.05, 0.1) is 24.4 Å². The molecule has 0 aromatic heterocycles. The summed E-state index contributed by atoms with van der Waals surface area (Å²) in [5.74, 6) is -0.227. The summed E-state index contributed by atoms with van der Waals surface area (Å²) in [6, 6.07) is 16.2. The molecular weight excluding hydrogens is 328 g/mol. The summed E-state index contributed by atoms with van der Waals surface area (Å²) in [4.78, 5) is 27.3. The predicted molar refractivity (Wildman–Crippen MR) is 101 cm³/mol. The number of carbonyl (C=O) groups is 2. The number of nitrogens with one attached hydrogen (secondary N) is 1. The highest BCUT2D eigenvalue weighted by Crippen LogP contribution is 2.19. The van der Waals surface area contributed by atoms with Crippen LogP contribution in [-0.2, 0) is 9.53 Å². The second kappa shape index (κ2) is 8.25. The summed E-state index contributed by atoms with van der Waals surface area (Å²) < 4.78 is 5.70. The van der Waals surface area contributed by atoms with Crippen molar-refractivity contribution in [3.63, 3.8) is 0 Å². The largest absolute Gasteiger partial charge is 0.373 e. The van der Waals surface area contributed by atoms with Crippen LogP contribution in [0.25, 0.3) is 0 Å². The van der Waals surface area contributed by atoms with Crippen molar-refractivity contribution in [2.45, 2.75) is 26.1 Å². The van der Waals surface area contributed by atoms with Crippen molar-refractivity contribution in [3.05, 3.63) is 65.7 Å². The minimum absolute atomic E-state index is 0.102. The molecule has 1 aliphatic rings. The van der Waals surface area contributed by atoms with Crippen molar-refractivity contribution in [1.82, 2.24) is 4.90 Å². The van der Waals surface area contributed by atoms with E-state index in [-0.39, 0.29) is 30.4 Å². The first-order chi connectivity index (χ1) is 12.5. The quantitative estimate of drug-likeness (QED) is 0.841. The minimum atomic E-state index is -0.125. The van der Waals surface area contributed by atoms with Crippen LogP contribution in [0.2, 0.25) is 0 Å². The number of benzene rings is 2. The molecule has 2 unspecified atom stereocenters. The fourth-order valence-corrected chi connectivity index (χ4v) is 3.34. The zero-order chi connectivity index (χ0) is 18.5. The first-order valence-corrected chi connectivity index (χ1v) is 8.89. The zero-order valence-corrected chi connectivity index (χ0v) is 15.1. The number of carbonyl (C=O) groups excluding carboxylic acids is 2. The van der Waals surface area contributed by atoms with E-state index in [1.807, 2.05) is 38.1 Å². The maximum atomic E-state index is 12.7. The topological polar surface area (TPSA) is 58.6 Å². The average Bonchev–Trinajstić information content (AvgIpc) is 2.61. The average molecular weight is 352 g/mol. The van der Waals surface area contributed by atoms with Gasteiger partial charge in [-0.3, -0.25) is 14.5 Å². The fourth-order valence-electron chi connectivity index (χ4n) is 3.34. The molecule has 1 fully saturated rings. The molecular formula is C21H24N2O3. The van der Waals surface area contributed by atoms with Crippen LogP contribution < -0.4 is 5.32 Å². The van der Waals surface area contributed by atoms with Gasteiger partial charge in [-0.1, -0.05) is 42.5 Å².